The third-order valence-electron chi connectivity index (χ3n) is 3.34. The van der Waals surface area contributed by atoms with Crippen LogP contribution in [0.2, 0.25) is 0 Å². The molecule has 1 aliphatic rings. The van der Waals surface area contributed by atoms with Crippen LogP contribution in [0.3, 0.4) is 0 Å². The summed E-state index contributed by atoms with van der Waals surface area (Å²) in [6, 6.07) is 4.22. The van der Waals surface area contributed by atoms with Gasteiger partial charge in [-0.05, 0) is 46.3 Å². The maximum atomic E-state index is 13.3. The highest BCUT2D eigenvalue weighted by atomic mass is 79.9. The van der Waals surface area contributed by atoms with Crippen LogP contribution in [-0.4, -0.2) is 11.2 Å². The highest BCUT2D eigenvalue weighted by molar-refractivity contribution is 9.10. The van der Waals surface area contributed by atoms with Crippen LogP contribution in [-0.2, 0) is 0 Å². The van der Waals surface area contributed by atoms with Crippen molar-refractivity contribution < 1.29 is 9.50 Å². The van der Waals surface area contributed by atoms with Gasteiger partial charge in [0.1, 0.15) is 5.82 Å². The fourth-order valence-corrected chi connectivity index (χ4v) is 2.57. The van der Waals surface area contributed by atoms with E-state index in [0.29, 0.717) is 10.0 Å². The van der Waals surface area contributed by atoms with Gasteiger partial charge in [0.05, 0.1) is 16.6 Å². The van der Waals surface area contributed by atoms with Crippen molar-refractivity contribution in [2.75, 3.05) is 0 Å². The second-order valence-electron chi connectivity index (χ2n) is 4.35. The molecule has 96 valence electrons. The Morgan fingerprint density at radius 1 is 1.41 bits per heavy atom. The van der Waals surface area contributed by atoms with Crippen molar-refractivity contribution in [3.8, 4) is 0 Å². The first-order valence-electron chi connectivity index (χ1n) is 5.49. The molecular formula is C12H16BrClFNO. The minimum absolute atomic E-state index is 0. The van der Waals surface area contributed by atoms with Crippen molar-refractivity contribution in [3.05, 3.63) is 34.1 Å². The molecular weight excluding hydrogens is 308 g/mol. The maximum Gasteiger partial charge on any atom is 0.137 e. The fourth-order valence-electron chi connectivity index (χ4n) is 2.04. The Bertz CT molecular complexity index is 387. The molecule has 1 aliphatic carbocycles. The number of hydrogen-bond donors (Lipinski definition) is 2. The van der Waals surface area contributed by atoms with Crippen molar-refractivity contribution in [3.63, 3.8) is 0 Å². The predicted molar refractivity (Wildman–Crippen MR) is 71.6 cm³/mol. The van der Waals surface area contributed by atoms with Crippen LogP contribution in [0.5, 0.6) is 0 Å². The molecule has 0 heterocycles. The summed E-state index contributed by atoms with van der Waals surface area (Å²) in [4.78, 5) is 0. The van der Waals surface area contributed by atoms with E-state index in [2.05, 4.69) is 15.9 Å². The van der Waals surface area contributed by atoms with E-state index in [4.69, 9.17) is 5.73 Å². The van der Waals surface area contributed by atoms with Crippen LogP contribution in [0.25, 0.3) is 0 Å². The Morgan fingerprint density at radius 2 is 2.06 bits per heavy atom. The lowest BCUT2D eigenvalue weighted by Gasteiger charge is -2.34. The summed E-state index contributed by atoms with van der Waals surface area (Å²) in [6.45, 7) is 0. The summed E-state index contributed by atoms with van der Waals surface area (Å²) in [5.41, 5.74) is 6.61. The molecule has 1 aromatic rings. The van der Waals surface area contributed by atoms with Gasteiger partial charge in [0.2, 0.25) is 0 Å². The second-order valence-corrected chi connectivity index (χ2v) is 5.14. The molecule has 0 aliphatic heterocycles. The van der Waals surface area contributed by atoms with E-state index in [1.165, 1.54) is 6.07 Å². The van der Waals surface area contributed by atoms with Crippen LogP contribution < -0.4 is 5.73 Å². The molecule has 17 heavy (non-hydrogen) atoms. The Morgan fingerprint density at radius 3 is 2.59 bits per heavy atom. The van der Waals surface area contributed by atoms with E-state index in [1.807, 2.05) is 0 Å². The van der Waals surface area contributed by atoms with Crippen molar-refractivity contribution >= 4 is 28.3 Å². The second kappa shape index (κ2) is 6.14. The van der Waals surface area contributed by atoms with Crippen LogP contribution in [0.15, 0.2) is 22.7 Å². The quantitative estimate of drug-likeness (QED) is 0.897. The van der Waals surface area contributed by atoms with Gasteiger partial charge in [-0.25, -0.2) is 4.39 Å². The smallest absolute Gasteiger partial charge is 0.137 e. The van der Waals surface area contributed by atoms with E-state index in [0.717, 1.165) is 19.3 Å². The summed E-state index contributed by atoms with van der Waals surface area (Å²) in [5, 5.41) is 10.0. The molecule has 1 fully saturated rings. The standard InChI is InChI=1S/C12H15BrFNO.ClH/c13-10-8(5-2-6-9(10)14)11(15)12(16)7-3-1-4-7;/h2,5-7,11-12,16H,1,3-4,15H2;1H/t11-,12+;/m0./s1. The molecule has 5 heteroatoms. The number of hydrogen-bond acceptors (Lipinski definition) is 2. The van der Waals surface area contributed by atoms with Gasteiger partial charge in [-0.1, -0.05) is 18.6 Å². The monoisotopic (exact) mass is 323 g/mol. The highest BCUT2D eigenvalue weighted by Gasteiger charge is 2.31. The van der Waals surface area contributed by atoms with E-state index in [9.17, 15) is 9.50 Å². The summed E-state index contributed by atoms with van der Waals surface area (Å²) in [6.07, 6.45) is 2.61. The lowest BCUT2D eigenvalue weighted by Crippen LogP contribution is -2.36. The average Bonchev–Trinajstić information content (AvgIpc) is 2.18. The lowest BCUT2D eigenvalue weighted by atomic mass is 9.77. The Hall–Kier alpha value is -0.160. The van der Waals surface area contributed by atoms with E-state index in [1.54, 1.807) is 12.1 Å². The summed E-state index contributed by atoms with van der Waals surface area (Å²) < 4.78 is 13.7. The first-order chi connectivity index (χ1) is 7.61. The first kappa shape index (κ1) is 14.9. The highest BCUT2D eigenvalue weighted by Crippen LogP contribution is 2.36. The minimum atomic E-state index is -0.577. The fraction of sp³-hybridized carbons (Fsp3) is 0.500. The van der Waals surface area contributed by atoms with Crippen molar-refractivity contribution in [2.24, 2.45) is 11.7 Å². The molecule has 0 amide bonds. The van der Waals surface area contributed by atoms with Crippen LogP contribution in [0.4, 0.5) is 4.39 Å². The van der Waals surface area contributed by atoms with Crippen molar-refractivity contribution in [1.82, 2.24) is 0 Å². The molecule has 3 N–H and O–H groups in total. The molecule has 2 atom stereocenters. The minimum Gasteiger partial charge on any atom is -0.391 e. The Kier molecular flexibility index (Phi) is 5.38. The average molecular weight is 325 g/mol. The molecule has 0 bridgehead atoms. The van der Waals surface area contributed by atoms with Gasteiger partial charge in [-0.2, -0.15) is 0 Å². The molecule has 0 radical (unpaired) electrons. The Labute approximate surface area is 115 Å². The van der Waals surface area contributed by atoms with Gasteiger partial charge >= 0.3 is 0 Å². The zero-order valence-electron chi connectivity index (χ0n) is 9.27. The molecule has 0 unspecified atom stereocenters. The van der Waals surface area contributed by atoms with E-state index >= 15 is 0 Å². The van der Waals surface area contributed by atoms with Crippen LogP contribution >= 0.6 is 28.3 Å². The number of rotatable bonds is 3. The number of aliphatic hydroxyl groups excluding tert-OH is 1. The summed E-state index contributed by atoms with van der Waals surface area (Å²) >= 11 is 3.17. The normalized spacial score (nSPS) is 19.1. The van der Waals surface area contributed by atoms with Gasteiger partial charge in [-0.3, -0.25) is 0 Å². The van der Waals surface area contributed by atoms with Crippen molar-refractivity contribution in [2.45, 2.75) is 31.4 Å². The zero-order valence-corrected chi connectivity index (χ0v) is 11.7. The predicted octanol–water partition coefficient (Wildman–Crippen LogP) is 3.17. The molecule has 0 spiro atoms. The molecule has 0 saturated heterocycles. The molecule has 2 rings (SSSR count). The first-order valence-corrected chi connectivity index (χ1v) is 6.28. The van der Waals surface area contributed by atoms with Gasteiger partial charge < -0.3 is 10.8 Å². The molecule has 1 saturated carbocycles. The van der Waals surface area contributed by atoms with E-state index in [-0.39, 0.29) is 24.1 Å². The number of halogens is 3. The number of aliphatic hydroxyl groups is 1. The zero-order chi connectivity index (χ0) is 11.7. The number of nitrogens with two attached hydrogens (primary N) is 1. The van der Waals surface area contributed by atoms with Gasteiger partial charge in [0, 0.05) is 0 Å². The van der Waals surface area contributed by atoms with E-state index < -0.39 is 12.1 Å². The van der Waals surface area contributed by atoms with Crippen LogP contribution in [0, 0.1) is 11.7 Å². The maximum absolute atomic E-state index is 13.3. The largest absolute Gasteiger partial charge is 0.391 e. The molecule has 2 nitrogen and oxygen atoms in total. The van der Waals surface area contributed by atoms with Crippen LogP contribution in [0.1, 0.15) is 30.9 Å². The number of benzene rings is 1. The molecule has 1 aromatic carbocycles. The summed E-state index contributed by atoms with van der Waals surface area (Å²) in [7, 11) is 0. The van der Waals surface area contributed by atoms with Gasteiger partial charge in [0.15, 0.2) is 0 Å². The Balaban J connectivity index is 0.00000144. The van der Waals surface area contributed by atoms with Gasteiger partial charge in [-0.15, -0.1) is 12.4 Å². The summed E-state index contributed by atoms with van der Waals surface area (Å²) in [5.74, 6) is -0.0704. The molecule has 0 aromatic heterocycles. The van der Waals surface area contributed by atoms with Crippen molar-refractivity contribution in [1.29, 1.82) is 0 Å². The lowest BCUT2D eigenvalue weighted by molar-refractivity contribution is 0.0411. The third kappa shape index (κ3) is 2.99. The van der Waals surface area contributed by atoms with Gasteiger partial charge in [0.25, 0.3) is 0 Å². The topological polar surface area (TPSA) is 46.2 Å². The third-order valence-corrected chi connectivity index (χ3v) is 4.18. The SMILES string of the molecule is Cl.N[C@@H](c1cccc(F)c1Br)[C@H](O)C1CCC1.